The standard InChI is InChI=1S/C21H16N4O3/c1-13-2-11-18-19(12-13)24-20(23-18)14-3-7-16(8-4-14)22-21(26)15-5-9-17(10-6-15)25(27)28/h2-12H,1H3,(H,22,26)(H,23,24). The van der Waals surface area contributed by atoms with E-state index in [1.165, 1.54) is 24.3 Å². The summed E-state index contributed by atoms with van der Waals surface area (Å²) >= 11 is 0. The lowest BCUT2D eigenvalue weighted by Crippen LogP contribution is -2.11. The monoisotopic (exact) mass is 372 g/mol. The van der Waals surface area contributed by atoms with Crippen LogP contribution in [0, 0.1) is 17.0 Å². The minimum Gasteiger partial charge on any atom is -0.338 e. The fourth-order valence-electron chi connectivity index (χ4n) is 2.91. The summed E-state index contributed by atoms with van der Waals surface area (Å²) in [6.45, 7) is 2.03. The summed E-state index contributed by atoms with van der Waals surface area (Å²) in [5.74, 6) is 0.427. The lowest BCUT2D eigenvalue weighted by Gasteiger charge is -2.06. The van der Waals surface area contributed by atoms with Crippen LogP contribution in [0.15, 0.2) is 66.7 Å². The van der Waals surface area contributed by atoms with Gasteiger partial charge in [0, 0.05) is 28.9 Å². The molecule has 0 fully saturated rings. The first-order chi connectivity index (χ1) is 13.5. The zero-order valence-corrected chi connectivity index (χ0v) is 15.0. The van der Waals surface area contributed by atoms with Crippen molar-refractivity contribution in [2.45, 2.75) is 6.92 Å². The number of carbonyl (C=O) groups excluding carboxylic acids is 1. The first kappa shape index (κ1) is 17.4. The van der Waals surface area contributed by atoms with Crippen LogP contribution in [0.25, 0.3) is 22.4 Å². The van der Waals surface area contributed by atoms with Crippen LogP contribution in [0.2, 0.25) is 0 Å². The lowest BCUT2D eigenvalue weighted by molar-refractivity contribution is -0.384. The van der Waals surface area contributed by atoms with E-state index in [2.05, 4.69) is 15.3 Å². The Kier molecular flexibility index (Phi) is 4.33. The Morgan fingerprint density at radius 3 is 2.43 bits per heavy atom. The second kappa shape index (κ2) is 6.96. The van der Waals surface area contributed by atoms with Crippen LogP contribution in [-0.2, 0) is 0 Å². The van der Waals surface area contributed by atoms with Crippen molar-refractivity contribution in [2.24, 2.45) is 0 Å². The minimum atomic E-state index is -0.500. The fourth-order valence-corrected chi connectivity index (χ4v) is 2.91. The van der Waals surface area contributed by atoms with Gasteiger partial charge in [-0.25, -0.2) is 4.98 Å². The number of hydrogen-bond donors (Lipinski definition) is 2. The number of imidazole rings is 1. The minimum absolute atomic E-state index is 0.0538. The quantitative estimate of drug-likeness (QED) is 0.400. The highest BCUT2D eigenvalue weighted by atomic mass is 16.6. The Hall–Kier alpha value is -4.00. The summed E-state index contributed by atoms with van der Waals surface area (Å²) in [5, 5.41) is 13.5. The topological polar surface area (TPSA) is 101 Å². The summed E-state index contributed by atoms with van der Waals surface area (Å²) in [5.41, 5.74) is 4.86. The Balaban J connectivity index is 1.50. The number of aryl methyl sites for hydroxylation is 1. The van der Waals surface area contributed by atoms with E-state index < -0.39 is 4.92 Å². The van der Waals surface area contributed by atoms with Crippen molar-refractivity contribution in [3.63, 3.8) is 0 Å². The molecule has 3 aromatic carbocycles. The second-order valence-electron chi connectivity index (χ2n) is 6.44. The molecule has 0 atom stereocenters. The first-order valence-electron chi connectivity index (χ1n) is 8.62. The summed E-state index contributed by atoms with van der Waals surface area (Å²) in [4.78, 5) is 30.4. The molecule has 2 N–H and O–H groups in total. The van der Waals surface area contributed by atoms with E-state index in [9.17, 15) is 14.9 Å². The van der Waals surface area contributed by atoms with Gasteiger partial charge in [-0.1, -0.05) is 6.07 Å². The van der Waals surface area contributed by atoms with Crippen LogP contribution >= 0.6 is 0 Å². The van der Waals surface area contributed by atoms with Crippen molar-refractivity contribution in [3.05, 3.63) is 88.0 Å². The molecule has 0 radical (unpaired) electrons. The van der Waals surface area contributed by atoms with Crippen LogP contribution < -0.4 is 5.32 Å². The van der Waals surface area contributed by atoms with Gasteiger partial charge in [0.05, 0.1) is 16.0 Å². The molecule has 1 heterocycles. The number of nitrogens with one attached hydrogen (secondary N) is 2. The number of nitrogens with zero attached hydrogens (tertiary/aromatic N) is 2. The number of aromatic amines is 1. The van der Waals surface area contributed by atoms with E-state index in [1.807, 2.05) is 37.3 Å². The van der Waals surface area contributed by atoms with Crippen LogP contribution in [0.3, 0.4) is 0 Å². The van der Waals surface area contributed by atoms with Crippen molar-refractivity contribution >= 4 is 28.3 Å². The van der Waals surface area contributed by atoms with Gasteiger partial charge in [0.25, 0.3) is 11.6 Å². The Morgan fingerprint density at radius 2 is 1.75 bits per heavy atom. The number of hydrogen-bond acceptors (Lipinski definition) is 4. The summed E-state index contributed by atoms with van der Waals surface area (Å²) in [6.07, 6.45) is 0. The molecule has 1 aromatic heterocycles. The lowest BCUT2D eigenvalue weighted by atomic mass is 10.1. The van der Waals surface area contributed by atoms with Gasteiger partial charge in [-0.2, -0.15) is 0 Å². The smallest absolute Gasteiger partial charge is 0.269 e. The zero-order valence-electron chi connectivity index (χ0n) is 15.0. The number of nitro groups is 1. The summed E-state index contributed by atoms with van der Waals surface area (Å²) < 4.78 is 0. The molecule has 0 unspecified atom stereocenters. The molecule has 4 rings (SSSR count). The number of amides is 1. The van der Waals surface area contributed by atoms with Crippen LogP contribution in [-0.4, -0.2) is 20.8 Å². The molecule has 0 aliphatic carbocycles. The first-order valence-corrected chi connectivity index (χ1v) is 8.62. The van der Waals surface area contributed by atoms with Crippen molar-refractivity contribution in [1.29, 1.82) is 0 Å². The van der Waals surface area contributed by atoms with Gasteiger partial charge >= 0.3 is 0 Å². The number of benzene rings is 3. The Bertz CT molecular complexity index is 1180. The van der Waals surface area contributed by atoms with E-state index in [-0.39, 0.29) is 11.6 Å². The summed E-state index contributed by atoms with van der Waals surface area (Å²) in [6, 6.07) is 18.8. The van der Waals surface area contributed by atoms with Gasteiger partial charge in [-0.15, -0.1) is 0 Å². The number of aromatic nitrogens is 2. The van der Waals surface area contributed by atoms with Crippen LogP contribution in [0.5, 0.6) is 0 Å². The predicted octanol–water partition coefficient (Wildman–Crippen LogP) is 4.70. The average molecular weight is 372 g/mol. The van der Waals surface area contributed by atoms with Gasteiger partial charge in [-0.3, -0.25) is 14.9 Å². The second-order valence-corrected chi connectivity index (χ2v) is 6.44. The molecule has 0 aliphatic rings. The van der Waals surface area contributed by atoms with E-state index in [0.29, 0.717) is 11.3 Å². The number of H-pyrrole nitrogens is 1. The molecule has 138 valence electrons. The highest BCUT2D eigenvalue weighted by molar-refractivity contribution is 6.04. The number of anilines is 1. The maximum Gasteiger partial charge on any atom is 0.269 e. The molecule has 0 bridgehead atoms. The number of non-ortho nitro benzene ring substituents is 1. The highest BCUT2D eigenvalue weighted by Crippen LogP contribution is 2.23. The molecular weight excluding hydrogens is 356 g/mol. The number of carbonyl (C=O) groups is 1. The maximum atomic E-state index is 12.3. The Morgan fingerprint density at radius 1 is 1.04 bits per heavy atom. The number of fused-ring (bicyclic) bond motifs is 1. The molecule has 7 nitrogen and oxygen atoms in total. The molecule has 0 spiro atoms. The molecule has 0 aliphatic heterocycles. The van der Waals surface area contributed by atoms with E-state index in [4.69, 9.17) is 0 Å². The van der Waals surface area contributed by atoms with Gasteiger partial charge in [0.1, 0.15) is 5.82 Å². The largest absolute Gasteiger partial charge is 0.338 e. The normalized spacial score (nSPS) is 10.8. The molecular formula is C21H16N4O3. The van der Waals surface area contributed by atoms with Crippen LogP contribution in [0.1, 0.15) is 15.9 Å². The predicted molar refractivity (Wildman–Crippen MR) is 107 cm³/mol. The molecule has 0 saturated carbocycles. The van der Waals surface area contributed by atoms with Gasteiger partial charge in [-0.05, 0) is 61.0 Å². The molecule has 7 heteroatoms. The van der Waals surface area contributed by atoms with Gasteiger partial charge in [0.2, 0.25) is 0 Å². The maximum absolute atomic E-state index is 12.3. The van der Waals surface area contributed by atoms with Crippen molar-refractivity contribution in [3.8, 4) is 11.4 Å². The van der Waals surface area contributed by atoms with Crippen LogP contribution in [0.4, 0.5) is 11.4 Å². The third kappa shape index (κ3) is 3.45. The molecule has 1 amide bonds. The average Bonchev–Trinajstić information content (AvgIpc) is 3.11. The summed E-state index contributed by atoms with van der Waals surface area (Å²) in [7, 11) is 0. The zero-order chi connectivity index (χ0) is 19.7. The number of nitro benzene ring substituents is 1. The Labute approximate surface area is 160 Å². The van der Waals surface area contributed by atoms with E-state index >= 15 is 0 Å². The number of rotatable bonds is 4. The molecule has 28 heavy (non-hydrogen) atoms. The van der Waals surface area contributed by atoms with E-state index in [1.54, 1.807) is 12.1 Å². The third-order valence-corrected chi connectivity index (χ3v) is 4.39. The highest BCUT2D eigenvalue weighted by Gasteiger charge is 2.10. The van der Waals surface area contributed by atoms with E-state index in [0.717, 1.165) is 28.0 Å². The van der Waals surface area contributed by atoms with Crippen molar-refractivity contribution < 1.29 is 9.72 Å². The van der Waals surface area contributed by atoms with Crippen molar-refractivity contribution in [2.75, 3.05) is 5.32 Å². The van der Waals surface area contributed by atoms with Gasteiger partial charge in [0.15, 0.2) is 0 Å². The SMILES string of the molecule is Cc1ccc2nc(-c3ccc(NC(=O)c4ccc([N+](=O)[O-])cc4)cc3)[nH]c2c1. The molecule has 4 aromatic rings. The van der Waals surface area contributed by atoms with Gasteiger partial charge < -0.3 is 10.3 Å². The molecule has 0 saturated heterocycles. The van der Waals surface area contributed by atoms with Crippen molar-refractivity contribution in [1.82, 2.24) is 9.97 Å². The third-order valence-electron chi connectivity index (χ3n) is 4.39. The fraction of sp³-hybridized carbons (Fsp3) is 0.0476.